The van der Waals surface area contributed by atoms with Crippen LogP contribution in [0.15, 0.2) is 0 Å². The molecule has 2 saturated heterocycles. The largest absolute Gasteiger partial charge is 0.311 e. The van der Waals surface area contributed by atoms with Crippen molar-refractivity contribution >= 4 is 11.8 Å². The van der Waals surface area contributed by atoms with E-state index < -0.39 is 0 Å². The highest BCUT2D eigenvalue weighted by atomic mass is 32.2. The van der Waals surface area contributed by atoms with E-state index in [0.29, 0.717) is 5.54 Å². The summed E-state index contributed by atoms with van der Waals surface area (Å²) in [6.45, 7) is 3.65. The van der Waals surface area contributed by atoms with Gasteiger partial charge in [-0.2, -0.15) is 11.8 Å². The zero-order valence-corrected chi connectivity index (χ0v) is 8.75. The van der Waals surface area contributed by atoms with E-state index in [2.05, 4.69) is 24.0 Å². The normalized spacial score (nSPS) is 42.2. The van der Waals surface area contributed by atoms with E-state index >= 15 is 0 Å². The van der Waals surface area contributed by atoms with E-state index in [9.17, 15) is 0 Å². The molecule has 2 heterocycles. The van der Waals surface area contributed by atoms with Crippen LogP contribution in [0.4, 0.5) is 0 Å². The van der Waals surface area contributed by atoms with Gasteiger partial charge in [-0.1, -0.05) is 0 Å². The Kier molecular flexibility index (Phi) is 2.66. The zero-order chi connectivity index (χ0) is 8.44. The number of hydrogen-bond acceptors (Lipinski definition) is 2. The smallest absolute Gasteiger partial charge is 0.0164 e. The molecule has 0 aromatic rings. The summed E-state index contributed by atoms with van der Waals surface area (Å²) in [4.78, 5) is 0. The molecule has 2 fully saturated rings. The summed E-state index contributed by atoms with van der Waals surface area (Å²) in [5, 5.41) is 4.61. The highest BCUT2D eigenvalue weighted by Crippen LogP contribution is 2.35. The predicted octanol–water partition coefficient (Wildman–Crippen LogP) is 2.41. The van der Waals surface area contributed by atoms with Crippen LogP contribution in [-0.2, 0) is 0 Å². The second-order valence-electron chi connectivity index (χ2n) is 4.43. The first kappa shape index (κ1) is 8.89. The molecule has 1 N–H and O–H groups in total. The van der Waals surface area contributed by atoms with Gasteiger partial charge in [0.1, 0.15) is 0 Å². The maximum absolute atomic E-state index is 3.65. The van der Waals surface area contributed by atoms with Gasteiger partial charge in [-0.15, -0.1) is 0 Å². The van der Waals surface area contributed by atoms with Crippen LogP contribution in [0.5, 0.6) is 0 Å². The van der Waals surface area contributed by atoms with Crippen molar-refractivity contribution in [2.24, 2.45) is 0 Å². The zero-order valence-electron chi connectivity index (χ0n) is 7.94. The molecule has 2 atom stereocenters. The van der Waals surface area contributed by atoms with Gasteiger partial charge >= 0.3 is 0 Å². The summed E-state index contributed by atoms with van der Waals surface area (Å²) in [6.07, 6.45) is 7.09. The van der Waals surface area contributed by atoms with Gasteiger partial charge < -0.3 is 5.32 Å². The average Bonchev–Trinajstić information content (AvgIpc) is 2.62. The standard InChI is InChI=1S/C10H19NS/c1-10(5-3-6-11-10)8-9-4-2-7-12-9/h9,11H,2-8H2,1H3. The van der Waals surface area contributed by atoms with Crippen LogP contribution in [0.1, 0.15) is 39.0 Å². The summed E-state index contributed by atoms with van der Waals surface area (Å²) in [6, 6.07) is 0. The van der Waals surface area contributed by atoms with E-state index in [1.807, 2.05) is 0 Å². The molecule has 1 nitrogen and oxygen atoms in total. The minimum Gasteiger partial charge on any atom is -0.311 e. The molecule has 0 saturated carbocycles. The van der Waals surface area contributed by atoms with Crippen molar-refractivity contribution in [1.29, 1.82) is 0 Å². The van der Waals surface area contributed by atoms with Crippen LogP contribution < -0.4 is 5.32 Å². The van der Waals surface area contributed by atoms with Crippen LogP contribution in [-0.4, -0.2) is 23.1 Å². The van der Waals surface area contributed by atoms with Gasteiger partial charge in [0.25, 0.3) is 0 Å². The Labute approximate surface area is 79.7 Å². The Morgan fingerprint density at radius 2 is 2.42 bits per heavy atom. The molecule has 0 bridgehead atoms. The quantitative estimate of drug-likeness (QED) is 0.709. The Bertz CT molecular complexity index is 146. The number of hydrogen-bond donors (Lipinski definition) is 1. The molecule has 2 heteroatoms. The summed E-state index contributed by atoms with van der Waals surface area (Å²) < 4.78 is 0. The SMILES string of the molecule is CC1(CC2CCCS2)CCCN1. The highest BCUT2D eigenvalue weighted by Gasteiger charge is 2.32. The van der Waals surface area contributed by atoms with Crippen molar-refractivity contribution in [2.75, 3.05) is 12.3 Å². The maximum atomic E-state index is 3.65. The molecule has 2 rings (SSSR count). The molecular formula is C10H19NS. The van der Waals surface area contributed by atoms with Gasteiger partial charge in [0.05, 0.1) is 0 Å². The topological polar surface area (TPSA) is 12.0 Å². The molecule has 0 aliphatic carbocycles. The van der Waals surface area contributed by atoms with Crippen LogP contribution in [0, 0.1) is 0 Å². The predicted molar refractivity (Wildman–Crippen MR) is 55.7 cm³/mol. The Balaban J connectivity index is 1.83. The van der Waals surface area contributed by atoms with Gasteiger partial charge in [0.2, 0.25) is 0 Å². The third kappa shape index (κ3) is 1.97. The Morgan fingerprint density at radius 3 is 3.00 bits per heavy atom. The van der Waals surface area contributed by atoms with Crippen molar-refractivity contribution in [3.63, 3.8) is 0 Å². The maximum Gasteiger partial charge on any atom is 0.0164 e. The third-order valence-electron chi connectivity index (χ3n) is 3.16. The first-order chi connectivity index (χ1) is 5.79. The average molecular weight is 185 g/mol. The Morgan fingerprint density at radius 1 is 1.50 bits per heavy atom. The van der Waals surface area contributed by atoms with Crippen molar-refractivity contribution in [3.8, 4) is 0 Å². The number of thioether (sulfide) groups is 1. The molecule has 0 aromatic heterocycles. The van der Waals surface area contributed by atoms with Gasteiger partial charge in [-0.25, -0.2) is 0 Å². The van der Waals surface area contributed by atoms with Gasteiger partial charge in [0, 0.05) is 10.8 Å². The van der Waals surface area contributed by atoms with Gasteiger partial charge in [0.15, 0.2) is 0 Å². The molecule has 0 aromatic carbocycles. The lowest BCUT2D eigenvalue weighted by Gasteiger charge is -2.27. The van der Waals surface area contributed by atoms with E-state index in [1.54, 1.807) is 0 Å². The van der Waals surface area contributed by atoms with Crippen molar-refractivity contribution in [2.45, 2.75) is 49.8 Å². The minimum absolute atomic E-state index is 0.488. The molecule has 0 radical (unpaired) electrons. The van der Waals surface area contributed by atoms with E-state index in [-0.39, 0.29) is 0 Å². The second kappa shape index (κ2) is 3.59. The van der Waals surface area contributed by atoms with Crippen LogP contribution in [0.3, 0.4) is 0 Å². The van der Waals surface area contributed by atoms with Crippen LogP contribution in [0.2, 0.25) is 0 Å². The minimum atomic E-state index is 0.488. The fourth-order valence-corrected chi connectivity index (χ4v) is 3.92. The second-order valence-corrected chi connectivity index (χ2v) is 5.84. The van der Waals surface area contributed by atoms with Crippen molar-refractivity contribution in [3.05, 3.63) is 0 Å². The van der Waals surface area contributed by atoms with Crippen LogP contribution in [0.25, 0.3) is 0 Å². The molecule has 70 valence electrons. The lowest BCUT2D eigenvalue weighted by atomic mass is 9.93. The van der Waals surface area contributed by atoms with Crippen molar-refractivity contribution in [1.82, 2.24) is 5.32 Å². The van der Waals surface area contributed by atoms with Crippen molar-refractivity contribution < 1.29 is 0 Å². The lowest BCUT2D eigenvalue weighted by Crippen LogP contribution is -2.38. The summed E-state index contributed by atoms with van der Waals surface area (Å²) in [5.74, 6) is 1.40. The Hall–Kier alpha value is 0.310. The highest BCUT2D eigenvalue weighted by molar-refractivity contribution is 8.00. The molecular weight excluding hydrogens is 166 g/mol. The van der Waals surface area contributed by atoms with Crippen LogP contribution >= 0.6 is 11.8 Å². The third-order valence-corrected chi connectivity index (χ3v) is 4.56. The van der Waals surface area contributed by atoms with E-state index in [4.69, 9.17) is 0 Å². The molecule has 2 aliphatic rings. The summed E-state index contributed by atoms with van der Waals surface area (Å²) in [5.41, 5.74) is 0.488. The molecule has 0 spiro atoms. The fraction of sp³-hybridized carbons (Fsp3) is 1.00. The van der Waals surface area contributed by atoms with E-state index in [1.165, 1.54) is 44.4 Å². The number of nitrogens with one attached hydrogen (secondary N) is 1. The molecule has 12 heavy (non-hydrogen) atoms. The summed E-state index contributed by atoms with van der Waals surface area (Å²) >= 11 is 2.19. The van der Waals surface area contributed by atoms with E-state index in [0.717, 1.165) is 5.25 Å². The number of rotatable bonds is 2. The first-order valence-corrected chi connectivity index (χ1v) is 6.20. The van der Waals surface area contributed by atoms with Gasteiger partial charge in [-0.3, -0.25) is 0 Å². The molecule has 2 aliphatic heterocycles. The monoisotopic (exact) mass is 185 g/mol. The summed E-state index contributed by atoms with van der Waals surface area (Å²) in [7, 11) is 0. The lowest BCUT2D eigenvalue weighted by molar-refractivity contribution is 0.377. The fourth-order valence-electron chi connectivity index (χ4n) is 2.44. The molecule has 2 unspecified atom stereocenters. The first-order valence-electron chi connectivity index (χ1n) is 5.15. The molecule has 0 amide bonds. The van der Waals surface area contributed by atoms with Gasteiger partial charge in [-0.05, 0) is 51.3 Å².